The van der Waals surface area contributed by atoms with Crippen LogP contribution in [-0.2, 0) is 7.05 Å². The molecule has 0 saturated heterocycles. The van der Waals surface area contributed by atoms with Gasteiger partial charge in [0.05, 0.1) is 29.3 Å². The molecule has 0 fully saturated rings. The second-order valence-electron chi connectivity index (χ2n) is 4.97. The molecule has 1 N–H and O–H groups in total. The molecule has 3 aromatic rings. The Morgan fingerprint density at radius 3 is 2.57 bits per heavy atom. The van der Waals surface area contributed by atoms with Crippen molar-refractivity contribution in [2.45, 2.75) is 13.0 Å². The molecule has 3 rings (SSSR count). The fourth-order valence-corrected chi connectivity index (χ4v) is 2.57. The van der Waals surface area contributed by atoms with Crippen LogP contribution in [0, 0.1) is 6.92 Å². The minimum Gasteiger partial charge on any atom is -0.308 e. The Morgan fingerprint density at radius 1 is 1.19 bits per heavy atom. The van der Waals surface area contributed by atoms with Gasteiger partial charge in [-0.1, -0.05) is 23.4 Å². The van der Waals surface area contributed by atoms with Gasteiger partial charge in [-0.15, -0.1) is 5.10 Å². The molecule has 21 heavy (non-hydrogen) atoms. The Hall–Kier alpha value is -2.47. The fraction of sp³-hybridized carbons (Fsp3) is 0.267. The minimum absolute atomic E-state index is 0.00564. The summed E-state index contributed by atoms with van der Waals surface area (Å²) in [4.78, 5) is 0. The van der Waals surface area contributed by atoms with E-state index in [4.69, 9.17) is 0 Å². The van der Waals surface area contributed by atoms with Crippen LogP contribution >= 0.6 is 0 Å². The van der Waals surface area contributed by atoms with E-state index in [9.17, 15) is 0 Å². The molecular weight excluding hydrogens is 264 g/mol. The van der Waals surface area contributed by atoms with E-state index in [2.05, 4.69) is 20.7 Å². The quantitative estimate of drug-likeness (QED) is 0.790. The number of para-hydroxylation sites is 1. The number of aryl methyl sites for hydroxylation is 2. The Morgan fingerprint density at radius 2 is 1.95 bits per heavy atom. The van der Waals surface area contributed by atoms with Gasteiger partial charge in [-0.25, -0.2) is 4.68 Å². The third-order valence-electron chi connectivity index (χ3n) is 3.52. The van der Waals surface area contributed by atoms with Crippen LogP contribution < -0.4 is 5.32 Å². The third kappa shape index (κ3) is 2.45. The van der Waals surface area contributed by atoms with Crippen molar-refractivity contribution in [1.82, 2.24) is 30.1 Å². The lowest BCUT2D eigenvalue weighted by atomic mass is 10.1. The first-order valence-electron chi connectivity index (χ1n) is 6.84. The van der Waals surface area contributed by atoms with Crippen LogP contribution in [0.4, 0.5) is 0 Å². The van der Waals surface area contributed by atoms with E-state index in [-0.39, 0.29) is 6.04 Å². The van der Waals surface area contributed by atoms with Crippen molar-refractivity contribution in [2.75, 3.05) is 7.05 Å². The minimum atomic E-state index is -0.00564. The van der Waals surface area contributed by atoms with Gasteiger partial charge < -0.3 is 5.32 Å². The number of aromatic nitrogens is 5. The van der Waals surface area contributed by atoms with Crippen molar-refractivity contribution < 1.29 is 0 Å². The highest BCUT2D eigenvalue weighted by Crippen LogP contribution is 2.24. The summed E-state index contributed by atoms with van der Waals surface area (Å²) in [5, 5.41) is 16.0. The topological polar surface area (TPSA) is 60.6 Å². The number of benzene rings is 1. The second kappa shape index (κ2) is 5.49. The Balaban J connectivity index is 2.07. The molecule has 2 aromatic heterocycles. The summed E-state index contributed by atoms with van der Waals surface area (Å²) in [7, 11) is 3.86. The van der Waals surface area contributed by atoms with Gasteiger partial charge >= 0.3 is 0 Å². The molecule has 6 heteroatoms. The van der Waals surface area contributed by atoms with Gasteiger partial charge in [-0.2, -0.15) is 5.10 Å². The molecule has 0 saturated carbocycles. The summed E-state index contributed by atoms with van der Waals surface area (Å²) in [6, 6.07) is 9.99. The maximum atomic E-state index is 4.42. The lowest BCUT2D eigenvalue weighted by Gasteiger charge is -2.16. The SMILES string of the molecule is CNC(c1cn(C)nc1C)c1cnnn1-c1ccccc1. The van der Waals surface area contributed by atoms with Gasteiger partial charge in [0, 0.05) is 18.8 Å². The van der Waals surface area contributed by atoms with Crippen molar-refractivity contribution >= 4 is 0 Å². The van der Waals surface area contributed by atoms with Crippen LogP contribution in [0.3, 0.4) is 0 Å². The standard InChI is InChI=1S/C15H18N6/c1-11-13(10-20(3)18-11)15(16-2)14-9-17-19-21(14)12-7-5-4-6-8-12/h4-10,15-16H,1-3H3. The summed E-state index contributed by atoms with van der Waals surface area (Å²) in [6.07, 6.45) is 3.82. The molecule has 1 unspecified atom stereocenters. The van der Waals surface area contributed by atoms with Crippen LogP contribution in [0.25, 0.3) is 5.69 Å². The second-order valence-corrected chi connectivity index (χ2v) is 4.97. The van der Waals surface area contributed by atoms with E-state index in [0.29, 0.717) is 0 Å². The zero-order valence-corrected chi connectivity index (χ0v) is 12.4. The van der Waals surface area contributed by atoms with Gasteiger partial charge in [-0.3, -0.25) is 4.68 Å². The van der Waals surface area contributed by atoms with E-state index in [1.54, 1.807) is 6.20 Å². The Kier molecular flexibility index (Phi) is 3.53. The van der Waals surface area contributed by atoms with Gasteiger partial charge in [0.15, 0.2) is 0 Å². The molecule has 0 bridgehead atoms. The number of nitrogens with one attached hydrogen (secondary N) is 1. The monoisotopic (exact) mass is 282 g/mol. The van der Waals surface area contributed by atoms with Crippen molar-refractivity contribution in [3.63, 3.8) is 0 Å². The summed E-state index contributed by atoms with van der Waals surface area (Å²) >= 11 is 0. The van der Waals surface area contributed by atoms with Crippen molar-refractivity contribution in [2.24, 2.45) is 7.05 Å². The van der Waals surface area contributed by atoms with E-state index < -0.39 is 0 Å². The summed E-state index contributed by atoms with van der Waals surface area (Å²) < 4.78 is 3.68. The lowest BCUT2D eigenvalue weighted by Crippen LogP contribution is -2.21. The molecule has 1 aromatic carbocycles. The largest absolute Gasteiger partial charge is 0.308 e. The van der Waals surface area contributed by atoms with Gasteiger partial charge in [0.25, 0.3) is 0 Å². The molecule has 2 heterocycles. The molecule has 0 aliphatic heterocycles. The highest BCUT2D eigenvalue weighted by Gasteiger charge is 2.21. The van der Waals surface area contributed by atoms with E-state index >= 15 is 0 Å². The average molecular weight is 282 g/mol. The molecule has 0 aliphatic rings. The Bertz CT molecular complexity index is 728. The molecule has 108 valence electrons. The van der Waals surface area contributed by atoms with Crippen molar-refractivity contribution in [3.05, 3.63) is 59.7 Å². The number of hydrogen-bond donors (Lipinski definition) is 1. The molecule has 1 atom stereocenters. The number of nitrogens with zero attached hydrogens (tertiary/aromatic N) is 5. The third-order valence-corrected chi connectivity index (χ3v) is 3.52. The first kappa shape index (κ1) is 13.5. The first-order valence-corrected chi connectivity index (χ1v) is 6.84. The predicted octanol–water partition coefficient (Wildman–Crippen LogP) is 1.62. The summed E-state index contributed by atoms with van der Waals surface area (Å²) in [5.41, 5.74) is 4.10. The first-order chi connectivity index (χ1) is 10.2. The highest BCUT2D eigenvalue weighted by molar-refractivity contribution is 5.35. The summed E-state index contributed by atoms with van der Waals surface area (Å²) in [5.74, 6) is 0. The van der Waals surface area contributed by atoms with Gasteiger partial charge in [-0.05, 0) is 26.1 Å². The lowest BCUT2D eigenvalue weighted by molar-refractivity contribution is 0.630. The molecule has 0 spiro atoms. The number of hydrogen-bond acceptors (Lipinski definition) is 4. The average Bonchev–Trinajstić information content (AvgIpc) is 3.09. The van der Waals surface area contributed by atoms with E-state index in [1.165, 1.54) is 0 Å². The van der Waals surface area contributed by atoms with Crippen LogP contribution in [-0.4, -0.2) is 31.8 Å². The van der Waals surface area contributed by atoms with Crippen LogP contribution in [0.15, 0.2) is 42.7 Å². The molecular formula is C15H18N6. The molecule has 0 amide bonds. The van der Waals surface area contributed by atoms with Crippen LogP contribution in [0.5, 0.6) is 0 Å². The molecule has 0 radical (unpaired) electrons. The number of rotatable bonds is 4. The van der Waals surface area contributed by atoms with Gasteiger partial charge in [0.1, 0.15) is 0 Å². The van der Waals surface area contributed by atoms with Crippen LogP contribution in [0.1, 0.15) is 23.0 Å². The fourth-order valence-electron chi connectivity index (χ4n) is 2.57. The van der Waals surface area contributed by atoms with Crippen molar-refractivity contribution in [1.29, 1.82) is 0 Å². The van der Waals surface area contributed by atoms with Gasteiger partial charge in [0.2, 0.25) is 0 Å². The van der Waals surface area contributed by atoms with E-state index in [1.807, 2.05) is 66.9 Å². The van der Waals surface area contributed by atoms with Crippen molar-refractivity contribution in [3.8, 4) is 5.69 Å². The Labute approximate surface area is 123 Å². The zero-order chi connectivity index (χ0) is 14.8. The van der Waals surface area contributed by atoms with Crippen LogP contribution in [0.2, 0.25) is 0 Å². The predicted molar refractivity (Wildman–Crippen MR) is 80.2 cm³/mol. The normalized spacial score (nSPS) is 12.5. The summed E-state index contributed by atoms with van der Waals surface area (Å²) in [6.45, 7) is 2.01. The molecule has 6 nitrogen and oxygen atoms in total. The maximum absolute atomic E-state index is 4.42. The smallest absolute Gasteiger partial charge is 0.0861 e. The highest BCUT2D eigenvalue weighted by atomic mass is 15.4. The molecule has 0 aliphatic carbocycles. The maximum Gasteiger partial charge on any atom is 0.0861 e. The van der Waals surface area contributed by atoms with E-state index in [0.717, 1.165) is 22.6 Å². The zero-order valence-electron chi connectivity index (χ0n) is 12.4.